The number of cyclic esters (lactones) is 1. The molecule has 2 saturated heterocycles. The molecule has 0 saturated carbocycles. The Morgan fingerprint density at radius 3 is 2.05 bits per heavy atom. The number of carbonyl (C=O) groups excluding carboxylic acids is 1. The van der Waals surface area contributed by atoms with Crippen LogP contribution >= 0.6 is 0 Å². The minimum atomic E-state index is -1.88. The van der Waals surface area contributed by atoms with Gasteiger partial charge in [-0.2, -0.15) is 0 Å². The van der Waals surface area contributed by atoms with Crippen molar-refractivity contribution < 1.29 is 49.6 Å². The molecule has 2 rings (SSSR count). The lowest BCUT2D eigenvalue weighted by molar-refractivity contribution is -0.300. The largest absolute Gasteiger partial charge is 0.459 e. The van der Waals surface area contributed by atoms with Crippen molar-refractivity contribution in [3.63, 3.8) is 0 Å². The van der Waals surface area contributed by atoms with Crippen LogP contribution in [0.3, 0.4) is 0 Å². The summed E-state index contributed by atoms with van der Waals surface area (Å²) < 4.78 is 17.9. The fourth-order valence-corrected chi connectivity index (χ4v) is 6.59. The first kappa shape index (κ1) is 35.3. The molecule has 2 aliphatic rings. The number of rotatable bonds is 4. The minimum absolute atomic E-state index is 0.0133. The molecule has 0 unspecified atom stereocenters. The van der Waals surface area contributed by atoms with Gasteiger partial charge in [-0.1, -0.05) is 27.7 Å². The maximum Gasteiger partial charge on any atom is 0.311 e. The molecule has 0 aromatic rings. The van der Waals surface area contributed by atoms with E-state index < -0.39 is 83.8 Å². The van der Waals surface area contributed by atoms with Gasteiger partial charge in [0, 0.05) is 17.9 Å². The van der Waals surface area contributed by atoms with E-state index in [0.717, 1.165) is 0 Å². The Hall–Kier alpha value is -0.890. The maximum absolute atomic E-state index is 13.2. The first-order chi connectivity index (χ1) is 18.3. The van der Waals surface area contributed by atoms with Crippen molar-refractivity contribution >= 4 is 5.97 Å². The number of nitrogens with zero attached hydrogens (tertiary/aromatic N) is 1. The van der Waals surface area contributed by atoms with Gasteiger partial charge < -0.3 is 49.7 Å². The quantitative estimate of drug-likeness (QED) is 0.259. The molecule has 0 aromatic heterocycles. The van der Waals surface area contributed by atoms with Crippen LogP contribution in [-0.2, 0) is 19.0 Å². The van der Waals surface area contributed by atoms with Gasteiger partial charge in [-0.05, 0) is 67.0 Å². The topological polar surface area (TPSA) is 169 Å². The van der Waals surface area contributed by atoms with E-state index in [9.17, 15) is 35.4 Å². The lowest BCUT2D eigenvalue weighted by Gasteiger charge is -2.47. The third-order valence-corrected chi connectivity index (χ3v) is 9.31. The average Bonchev–Trinajstić information content (AvgIpc) is 2.87. The summed E-state index contributed by atoms with van der Waals surface area (Å²) in [5.41, 5.74) is -3.56. The number of carbonyl (C=O) groups is 1. The van der Waals surface area contributed by atoms with Crippen molar-refractivity contribution in [2.75, 3.05) is 14.1 Å². The highest BCUT2D eigenvalue weighted by Crippen LogP contribution is 2.38. The molecule has 2 fully saturated rings. The normalized spacial score (nSPS) is 50.3. The SMILES string of the molecule is CC[C@@H]1OC(=O)[C@H](C)[C@H](O)[C@H](C)[C@@H](O[C@@H]2O[C@H](C)C[C@H](N(C)C)[C@H]2O)[C@@](C)(O)C[C@@H](C)[C@@H](O)[C@H](C)[C@@H](O)[C@]1(C)O. The van der Waals surface area contributed by atoms with E-state index in [1.54, 1.807) is 27.7 Å². The molecule has 11 heteroatoms. The Labute approximate surface area is 239 Å². The van der Waals surface area contributed by atoms with Crippen LogP contribution in [0.1, 0.15) is 74.7 Å². The molecule has 40 heavy (non-hydrogen) atoms. The molecule has 2 aliphatic heterocycles. The standard InChI is InChI=1S/C29H55NO10/c1-11-20-29(8,37)24(34)16(4)21(31)14(2)13-28(7,36)25(17(5)22(32)18(6)26(35)39-20)40-27-23(33)19(30(9)10)12-15(3)38-27/h14-25,27,31-34,36-37H,11-13H2,1-10H3/t14-,15-,16+,17+,18-,19+,20+,21-,22-,23-,24-,25-,27+,28+,29-/m1/s1. The van der Waals surface area contributed by atoms with Crippen molar-refractivity contribution in [3.05, 3.63) is 0 Å². The van der Waals surface area contributed by atoms with Crippen LogP contribution in [0.25, 0.3) is 0 Å². The molecule has 0 radical (unpaired) electrons. The van der Waals surface area contributed by atoms with Crippen molar-refractivity contribution in [1.82, 2.24) is 4.90 Å². The van der Waals surface area contributed by atoms with E-state index in [1.165, 1.54) is 20.8 Å². The Morgan fingerprint density at radius 1 is 0.950 bits per heavy atom. The third-order valence-electron chi connectivity index (χ3n) is 9.31. The lowest BCUT2D eigenvalue weighted by Crippen LogP contribution is -2.60. The zero-order valence-corrected chi connectivity index (χ0v) is 25.9. The van der Waals surface area contributed by atoms with Crippen molar-refractivity contribution in [2.24, 2.45) is 23.7 Å². The smallest absolute Gasteiger partial charge is 0.311 e. The zero-order chi connectivity index (χ0) is 30.9. The predicted octanol–water partition coefficient (Wildman–Crippen LogP) is 0.652. The Bertz CT molecular complexity index is 823. The van der Waals surface area contributed by atoms with Gasteiger partial charge in [0.1, 0.15) is 17.8 Å². The van der Waals surface area contributed by atoms with E-state index in [-0.39, 0.29) is 25.0 Å². The Balaban J connectivity index is 2.54. The Kier molecular flexibility index (Phi) is 12.0. The van der Waals surface area contributed by atoms with Crippen LogP contribution in [0, 0.1) is 23.7 Å². The summed E-state index contributed by atoms with van der Waals surface area (Å²) in [6.45, 7) is 12.9. The molecule has 0 spiro atoms. The summed E-state index contributed by atoms with van der Waals surface area (Å²) in [4.78, 5) is 15.1. The van der Waals surface area contributed by atoms with Gasteiger partial charge in [-0.25, -0.2) is 0 Å². The van der Waals surface area contributed by atoms with Gasteiger partial charge in [0.2, 0.25) is 0 Å². The van der Waals surface area contributed by atoms with Crippen LogP contribution in [0.15, 0.2) is 0 Å². The molecule has 0 amide bonds. The van der Waals surface area contributed by atoms with E-state index >= 15 is 0 Å². The summed E-state index contributed by atoms with van der Waals surface area (Å²) in [6, 6.07) is -0.270. The van der Waals surface area contributed by atoms with Gasteiger partial charge >= 0.3 is 5.97 Å². The first-order valence-corrected chi connectivity index (χ1v) is 14.6. The van der Waals surface area contributed by atoms with Gasteiger partial charge in [-0.15, -0.1) is 0 Å². The maximum atomic E-state index is 13.2. The highest BCUT2D eigenvalue weighted by Gasteiger charge is 2.51. The summed E-state index contributed by atoms with van der Waals surface area (Å²) in [7, 11) is 3.69. The van der Waals surface area contributed by atoms with E-state index in [0.29, 0.717) is 6.42 Å². The number of hydrogen-bond donors (Lipinski definition) is 6. The van der Waals surface area contributed by atoms with Gasteiger partial charge in [0.05, 0.1) is 42.0 Å². The van der Waals surface area contributed by atoms with Crippen molar-refractivity contribution in [3.8, 4) is 0 Å². The molecule has 0 aromatic carbocycles. The second-order valence-corrected chi connectivity index (χ2v) is 13.2. The second-order valence-electron chi connectivity index (χ2n) is 13.2. The van der Waals surface area contributed by atoms with Gasteiger partial charge in [-0.3, -0.25) is 4.79 Å². The number of ether oxygens (including phenoxy) is 3. The second kappa shape index (κ2) is 13.6. The molecule has 6 N–H and O–H groups in total. The van der Waals surface area contributed by atoms with Crippen molar-refractivity contribution in [2.45, 2.75) is 141 Å². The predicted molar refractivity (Wildman–Crippen MR) is 148 cm³/mol. The number of likely N-dealkylation sites (N-methyl/N-ethyl adjacent to an activating group) is 1. The number of esters is 1. The van der Waals surface area contributed by atoms with Gasteiger partial charge in [0.15, 0.2) is 6.29 Å². The van der Waals surface area contributed by atoms with E-state index in [2.05, 4.69) is 0 Å². The lowest BCUT2D eigenvalue weighted by atomic mass is 9.73. The van der Waals surface area contributed by atoms with Crippen LogP contribution in [-0.4, -0.2) is 122 Å². The first-order valence-electron chi connectivity index (χ1n) is 14.6. The Morgan fingerprint density at radius 2 is 1.52 bits per heavy atom. The molecule has 236 valence electrons. The van der Waals surface area contributed by atoms with E-state index in [1.807, 2.05) is 25.9 Å². The number of hydrogen-bond acceptors (Lipinski definition) is 11. The fraction of sp³-hybridized carbons (Fsp3) is 0.966. The molecular weight excluding hydrogens is 522 g/mol. The molecule has 11 nitrogen and oxygen atoms in total. The summed E-state index contributed by atoms with van der Waals surface area (Å²) in [5, 5.41) is 67.8. The minimum Gasteiger partial charge on any atom is -0.459 e. The summed E-state index contributed by atoms with van der Waals surface area (Å²) >= 11 is 0. The highest BCUT2D eigenvalue weighted by atomic mass is 16.7. The van der Waals surface area contributed by atoms with Crippen molar-refractivity contribution in [1.29, 1.82) is 0 Å². The molecule has 2 heterocycles. The third kappa shape index (κ3) is 7.54. The molecular formula is C29H55NO10. The average molecular weight is 578 g/mol. The summed E-state index contributed by atoms with van der Waals surface area (Å²) in [6.07, 6.45) is -7.86. The number of aliphatic hydroxyl groups excluding tert-OH is 4. The fourth-order valence-electron chi connectivity index (χ4n) is 6.59. The number of aliphatic hydroxyl groups is 6. The van der Waals surface area contributed by atoms with Crippen LogP contribution in [0.2, 0.25) is 0 Å². The van der Waals surface area contributed by atoms with Crippen LogP contribution in [0.5, 0.6) is 0 Å². The molecule has 0 aliphatic carbocycles. The monoisotopic (exact) mass is 577 g/mol. The highest BCUT2D eigenvalue weighted by molar-refractivity contribution is 5.73. The van der Waals surface area contributed by atoms with Crippen LogP contribution in [0.4, 0.5) is 0 Å². The van der Waals surface area contributed by atoms with E-state index in [4.69, 9.17) is 14.2 Å². The zero-order valence-electron chi connectivity index (χ0n) is 25.9. The summed E-state index contributed by atoms with van der Waals surface area (Å²) in [5.74, 6) is -4.14. The molecule has 0 bridgehead atoms. The molecule has 15 atom stereocenters. The van der Waals surface area contributed by atoms with Gasteiger partial charge in [0.25, 0.3) is 0 Å². The van der Waals surface area contributed by atoms with Crippen LogP contribution < -0.4 is 0 Å².